The molecule has 1 aliphatic heterocycles. The molecule has 4 rings (SSSR count). The number of hydrogen-bond donors (Lipinski definition) is 1. The van der Waals surface area contributed by atoms with E-state index in [1.807, 2.05) is 26.0 Å². The zero-order chi connectivity index (χ0) is 26.9. The summed E-state index contributed by atoms with van der Waals surface area (Å²) in [6, 6.07) is 11.4. The molecule has 0 radical (unpaired) electrons. The fraction of sp³-hybridized carbons (Fsp3) is 0.214. The van der Waals surface area contributed by atoms with Gasteiger partial charge in [-0.15, -0.1) is 0 Å². The number of anilines is 1. The highest BCUT2D eigenvalue weighted by molar-refractivity contribution is 7.17. The Bertz CT molecular complexity index is 1440. The smallest absolute Gasteiger partial charge is 0.350 e. The van der Waals surface area contributed by atoms with E-state index in [9.17, 15) is 19.5 Å². The standard InChI is InChI=1S/C28H26N2O6S/c1-6-13-36-20-12-11-19(14-16(20)3)23(31)21-22(18-9-7-15(2)8-10-18)30(26(33)24(21)32)28-29-17(4)25(37-28)27(34)35-5/h6-12,14,22,31H,1,13H2,2-5H3/t22-/m0/s1. The highest BCUT2D eigenvalue weighted by Crippen LogP contribution is 2.44. The molecule has 1 N–H and O–H groups in total. The Hall–Kier alpha value is -4.24. The number of aromatic nitrogens is 1. The lowest BCUT2D eigenvalue weighted by Gasteiger charge is -2.23. The number of thiazole rings is 1. The number of aliphatic hydroxyl groups is 1. The van der Waals surface area contributed by atoms with Gasteiger partial charge in [0.1, 0.15) is 23.0 Å². The molecule has 0 unspecified atom stereocenters. The Kier molecular flexibility index (Phi) is 7.26. The largest absolute Gasteiger partial charge is 0.507 e. The Balaban J connectivity index is 1.89. The first kappa shape index (κ1) is 25.8. The van der Waals surface area contributed by atoms with Gasteiger partial charge in [-0.05, 0) is 50.1 Å². The maximum atomic E-state index is 13.4. The zero-order valence-corrected chi connectivity index (χ0v) is 21.7. The van der Waals surface area contributed by atoms with Crippen LogP contribution in [0.15, 0.2) is 60.7 Å². The Morgan fingerprint density at radius 2 is 1.86 bits per heavy atom. The number of Topliss-reactive ketones (excluding diaryl/α,β-unsaturated/α-hetero) is 1. The molecule has 1 amide bonds. The molecule has 1 saturated heterocycles. The molecule has 0 saturated carbocycles. The fourth-order valence-corrected chi connectivity index (χ4v) is 5.14. The van der Waals surface area contributed by atoms with Gasteiger partial charge < -0.3 is 14.6 Å². The SMILES string of the molecule is C=CCOc1ccc(C(O)=C2C(=O)C(=O)N(c3nc(C)c(C(=O)OC)s3)[C@H]2c2ccc(C)cc2)cc1C. The van der Waals surface area contributed by atoms with Crippen molar-refractivity contribution in [3.8, 4) is 5.75 Å². The van der Waals surface area contributed by atoms with Gasteiger partial charge in [0.15, 0.2) is 5.13 Å². The van der Waals surface area contributed by atoms with E-state index in [-0.39, 0.29) is 21.3 Å². The van der Waals surface area contributed by atoms with E-state index < -0.39 is 23.7 Å². The Morgan fingerprint density at radius 1 is 1.16 bits per heavy atom. The molecule has 3 aromatic rings. The molecule has 0 aliphatic carbocycles. The average molecular weight is 519 g/mol. The number of rotatable bonds is 7. The first-order valence-corrected chi connectivity index (χ1v) is 12.3. The van der Waals surface area contributed by atoms with Gasteiger partial charge in [-0.2, -0.15) is 0 Å². The number of benzene rings is 2. The summed E-state index contributed by atoms with van der Waals surface area (Å²) in [6.07, 6.45) is 1.63. The van der Waals surface area contributed by atoms with Crippen molar-refractivity contribution < 1.29 is 29.0 Å². The molecule has 1 aliphatic rings. The van der Waals surface area contributed by atoms with Crippen LogP contribution in [0.4, 0.5) is 5.13 Å². The molecule has 1 atom stereocenters. The van der Waals surface area contributed by atoms with Crippen molar-refractivity contribution in [2.75, 3.05) is 18.6 Å². The van der Waals surface area contributed by atoms with E-state index in [1.54, 1.807) is 43.3 Å². The van der Waals surface area contributed by atoms with Gasteiger partial charge in [-0.25, -0.2) is 9.78 Å². The van der Waals surface area contributed by atoms with Gasteiger partial charge in [-0.1, -0.05) is 53.8 Å². The van der Waals surface area contributed by atoms with Crippen molar-refractivity contribution >= 4 is 39.9 Å². The molecule has 8 nitrogen and oxygen atoms in total. The minimum Gasteiger partial charge on any atom is -0.507 e. The number of ketones is 1. The van der Waals surface area contributed by atoms with E-state index >= 15 is 0 Å². The predicted octanol–water partition coefficient (Wildman–Crippen LogP) is 5.05. The number of amides is 1. The fourth-order valence-electron chi connectivity index (χ4n) is 4.12. The van der Waals surface area contributed by atoms with Crippen LogP contribution in [0.5, 0.6) is 5.75 Å². The number of methoxy groups -OCH3 is 1. The van der Waals surface area contributed by atoms with Gasteiger partial charge in [0.2, 0.25) is 0 Å². The van der Waals surface area contributed by atoms with E-state index in [0.29, 0.717) is 29.2 Å². The first-order valence-electron chi connectivity index (χ1n) is 11.5. The van der Waals surface area contributed by atoms with Gasteiger partial charge in [0, 0.05) is 5.56 Å². The van der Waals surface area contributed by atoms with E-state index in [0.717, 1.165) is 22.5 Å². The molecule has 2 heterocycles. The highest BCUT2D eigenvalue weighted by atomic mass is 32.1. The second-order valence-electron chi connectivity index (χ2n) is 8.56. The first-order chi connectivity index (χ1) is 17.7. The van der Waals surface area contributed by atoms with Crippen LogP contribution in [0.1, 0.15) is 43.7 Å². The maximum absolute atomic E-state index is 13.4. The third-order valence-corrected chi connectivity index (χ3v) is 7.14. The molecular formula is C28H26N2O6S. The second kappa shape index (κ2) is 10.4. The number of carbonyl (C=O) groups excluding carboxylic acids is 3. The van der Waals surface area contributed by atoms with Crippen LogP contribution in [0.2, 0.25) is 0 Å². The Labute approximate surface area is 218 Å². The van der Waals surface area contributed by atoms with Crippen molar-refractivity contribution in [3.63, 3.8) is 0 Å². The van der Waals surface area contributed by atoms with Crippen LogP contribution in [0.3, 0.4) is 0 Å². The summed E-state index contributed by atoms with van der Waals surface area (Å²) in [4.78, 5) is 44.8. The van der Waals surface area contributed by atoms with Gasteiger partial charge in [0.05, 0.1) is 24.4 Å². The van der Waals surface area contributed by atoms with Gasteiger partial charge >= 0.3 is 11.9 Å². The molecule has 0 spiro atoms. The van der Waals surface area contributed by atoms with E-state index in [2.05, 4.69) is 11.6 Å². The second-order valence-corrected chi connectivity index (χ2v) is 9.54. The molecule has 2 aromatic carbocycles. The number of aliphatic hydroxyl groups excluding tert-OH is 1. The van der Waals surface area contributed by atoms with Crippen molar-refractivity contribution in [1.29, 1.82) is 0 Å². The highest BCUT2D eigenvalue weighted by Gasteiger charge is 2.48. The van der Waals surface area contributed by atoms with Crippen LogP contribution in [0.25, 0.3) is 5.76 Å². The molecule has 37 heavy (non-hydrogen) atoms. The quantitative estimate of drug-likeness (QED) is 0.153. The number of ether oxygens (including phenoxy) is 2. The Morgan fingerprint density at radius 3 is 2.49 bits per heavy atom. The predicted molar refractivity (Wildman–Crippen MR) is 141 cm³/mol. The monoisotopic (exact) mass is 518 g/mol. The number of hydrogen-bond acceptors (Lipinski definition) is 8. The van der Waals surface area contributed by atoms with Crippen LogP contribution in [-0.4, -0.2) is 41.5 Å². The summed E-state index contributed by atoms with van der Waals surface area (Å²) in [6.45, 7) is 9.33. The lowest BCUT2D eigenvalue weighted by molar-refractivity contribution is -0.132. The third-order valence-electron chi connectivity index (χ3n) is 6.00. The van der Waals surface area contributed by atoms with Crippen molar-refractivity contribution in [2.45, 2.75) is 26.8 Å². The molecule has 0 bridgehead atoms. The van der Waals surface area contributed by atoms with Crippen LogP contribution in [-0.2, 0) is 14.3 Å². The minimum atomic E-state index is -0.950. The normalized spacial score (nSPS) is 16.6. The van der Waals surface area contributed by atoms with Crippen molar-refractivity contribution in [3.05, 3.63) is 93.5 Å². The molecule has 190 valence electrons. The number of esters is 1. The molecule has 1 fully saturated rings. The number of nitrogens with zero attached hydrogens (tertiary/aromatic N) is 2. The number of carbonyl (C=O) groups is 3. The van der Waals surface area contributed by atoms with Crippen molar-refractivity contribution in [1.82, 2.24) is 4.98 Å². The summed E-state index contributed by atoms with van der Waals surface area (Å²) < 4.78 is 10.4. The van der Waals surface area contributed by atoms with Crippen LogP contribution >= 0.6 is 11.3 Å². The molecule has 1 aromatic heterocycles. The topological polar surface area (TPSA) is 106 Å². The zero-order valence-electron chi connectivity index (χ0n) is 20.9. The molecular weight excluding hydrogens is 492 g/mol. The summed E-state index contributed by atoms with van der Waals surface area (Å²) in [5.41, 5.74) is 3.02. The van der Waals surface area contributed by atoms with Crippen molar-refractivity contribution in [2.24, 2.45) is 0 Å². The summed E-state index contributed by atoms with van der Waals surface area (Å²) >= 11 is 0.957. The average Bonchev–Trinajstić information content (AvgIpc) is 3.39. The van der Waals surface area contributed by atoms with E-state index in [4.69, 9.17) is 9.47 Å². The lowest BCUT2D eigenvalue weighted by Crippen LogP contribution is -2.29. The summed E-state index contributed by atoms with van der Waals surface area (Å²) in [5, 5.41) is 11.5. The summed E-state index contributed by atoms with van der Waals surface area (Å²) in [5.74, 6) is -1.98. The van der Waals surface area contributed by atoms with Crippen LogP contribution < -0.4 is 9.64 Å². The molecule has 9 heteroatoms. The van der Waals surface area contributed by atoms with E-state index in [1.165, 1.54) is 12.0 Å². The van der Waals surface area contributed by atoms with Gasteiger partial charge in [-0.3, -0.25) is 14.5 Å². The summed E-state index contributed by atoms with van der Waals surface area (Å²) in [7, 11) is 1.26. The number of aryl methyl sites for hydroxylation is 3. The minimum absolute atomic E-state index is 0.0690. The van der Waals surface area contributed by atoms with Crippen LogP contribution in [0, 0.1) is 20.8 Å². The lowest BCUT2D eigenvalue weighted by atomic mass is 9.94. The third kappa shape index (κ3) is 4.77. The maximum Gasteiger partial charge on any atom is 0.350 e. The van der Waals surface area contributed by atoms with Gasteiger partial charge in [0.25, 0.3) is 5.78 Å².